The van der Waals surface area contributed by atoms with Crippen LogP contribution in [0.1, 0.15) is 32.6 Å². The molecule has 0 aromatic rings. The summed E-state index contributed by atoms with van der Waals surface area (Å²) in [5.74, 6) is -0.0101. The normalized spacial score (nSPS) is 29.8. The molecule has 1 rings (SSSR count). The third kappa shape index (κ3) is 2.67. The van der Waals surface area contributed by atoms with Gasteiger partial charge < -0.3 is 4.74 Å². The summed E-state index contributed by atoms with van der Waals surface area (Å²) in [6.45, 7) is 2.31. The van der Waals surface area contributed by atoms with Crippen molar-refractivity contribution in [1.82, 2.24) is 0 Å². The van der Waals surface area contributed by atoms with Gasteiger partial charge in [-0.05, 0) is 26.2 Å². The fourth-order valence-corrected chi connectivity index (χ4v) is 1.97. The zero-order chi connectivity index (χ0) is 8.97. The zero-order valence-electron chi connectivity index (χ0n) is 7.38. The summed E-state index contributed by atoms with van der Waals surface area (Å²) in [7, 11) is 0. The molecule has 0 radical (unpaired) electrons. The molecule has 2 unspecified atom stereocenters. The number of hydrogen-bond donors (Lipinski definition) is 0. The van der Waals surface area contributed by atoms with E-state index in [0.717, 1.165) is 25.7 Å². The Kier molecular flexibility index (Phi) is 3.86. The molecule has 0 aromatic heterocycles. The second-order valence-electron chi connectivity index (χ2n) is 3.21. The van der Waals surface area contributed by atoms with Gasteiger partial charge in [-0.1, -0.05) is 6.42 Å². The lowest BCUT2D eigenvalue weighted by Gasteiger charge is -2.23. The van der Waals surface area contributed by atoms with Crippen LogP contribution in [0.2, 0.25) is 0 Å². The van der Waals surface area contributed by atoms with E-state index < -0.39 is 0 Å². The van der Waals surface area contributed by atoms with Crippen LogP contribution in [-0.4, -0.2) is 18.0 Å². The minimum Gasteiger partial charge on any atom is -0.466 e. The second kappa shape index (κ2) is 4.70. The van der Waals surface area contributed by atoms with Crippen molar-refractivity contribution in [2.75, 3.05) is 6.61 Å². The highest BCUT2D eigenvalue weighted by atomic mass is 35.5. The number of alkyl halides is 1. The van der Waals surface area contributed by atoms with Crippen LogP contribution < -0.4 is 0 Å². The largest absolute Gasteiger partial charge is 0.466 e. The number of hydrogen-bond acceptors (Lipinski definition) is 2. The number of rotatable bonds is 2. The molecular weight excluding hydrogens is 176 g/mol. The first-order valence-electron chi connectivity index (χ1n) is 4.54. The smallest absolute Gasteiger partial charge is 0.308 e. The van der Waals surface area contributed by atoms with Crippen LogP contribution in [-0.2, 0) is 9.53 Å². The lowest BCUT2D eigenvalue weighted by Crippen LogP contribution is -2.24. The molecule has 2 atom stereocenters. The van der Waals surface area contributed by atoms with Gasteiger partial charge in [0.1, 0.15) is 0 Å². The van der Waals surface area contributed by atoms with Crippen molar-refractivity contribution in [3.63, 3.8) is 0 Å². The highest BCUT2D eigenvalue weighted by molar-refractivity contribution is 6.20. The van der Waals surface area contributed by atoms with Crippen molar-refractivity contribution in [3.8, 4) is 0 Å². The maximum atomic E-state index is 11.3. The zero-order valence-corrected chi connectivity index (χ0v) is 8.14. The monoisotopic (exact) mass is 190 g/mol. The molecule has 1 saturated carbocycles. The van der Waals surface area contributed by atoms with E-state index in [1.54, 1.807) is 0 Å². The van der Waals surface area contributed by atoms with Gasteiger partial charge >= 0.3 is 5.97 Å². The first kappa shape index (κ1) is 9.85. The van der Waals surface area contributed by atoms with Gasteiger partial charge in [0, 0.05) is 5.38 Å². The topological polar surface area (TPSA) is 26.3 Å². The Morgan fingerprint density at radius 2 is 2.33 bits per heavy atom. The van der Waals surface area contributed by atoms with Gasteiger partial charge in [-0.3, -0.25) is 4.79 Å². The first-order chi connectivity index (χ1) is 5.74. The van der Waals surface area contributed by atoms with Gasteiger partial charge in [-0.2, -0.15) is 0 Å². The van der Waals surface area contributed by atoms with E-state index in [1.807, 2.05) is 6.92 Å². The summed E-state index contributed by atoms with van der Waals surface area (Å²) >= 11 is 5.95. The van der Waals surface area contributed by atoms with Gasteiger partial charge in [0.2, 0.25) is 0 Å². The van der Waals surface area contributed by atoms with Crippen LogP contribution in [0.5, 0.6) is 0 Å². The standard InChI is InChI=1S/C9H15ClO2/c1-2-12-9(11)7-4-3-5-8(10)6-7/h7-8H,2-6H2,1H3. The van der Waals surface area contributed by atoms with Crippen LogP contribution >= 0.6 is 11.6 Å². The summed E-state index contributed by atoms with van der Waals surface area (Å²) in [4.78, 5) is 11.3. The van der Waals surface area contributed by atoms with Gasteiger partial charge in [-0.15, -0.1) is 11.6 Å². The summed E-state index contributed by atoms with van der Waals surface area (Å²) in [5.41, 5.74) is 0. The average molecular weight is 191 g/mol. The molecule has 2 nitrogen and oxygen atoms in total. The van der Waals surface area contributed by atoms with Crippen molar-refractivity contribution < 1.29 is 9.53 Å². The number of halogens is 1. The quantitative estimate of drug-likeness (QED) is 0.494. The highest BCUT2D eigenvalue weighted by Crippen LogP contribution is 2.28. The van der Waals surface area contributed by atoms with Crippen LogP contribution in [0.4, 0.5) is 0 Å². The van der Waals surface area contributed by atoms with Gasteiger partial charge in [0.25, 0.3) is 0 Å². The Morgan fingerprint density at radius 3 is 2.92 bits per heavy atom. The molecule has 0 amide bonds. The molecule has 0 heterocycles. The van der Waals surface area contributed by atoms with E-state index >= 15 is 0 Å². The molecule has 1 aliphatic rings. The first-order valence-corrected chi connectivity index (χ1v) is 4.98. The van der Waals surface area contributed by atoms with E-state index in [1.165, 1.54) is 0 Å². The minimum absolute atomic E-state index is 0.0567. The Morgan fingerprint density at radius 1 is 1.58 bits per heavy atom. The van der Waals surface area contributed by atoms with E-state index in [9.17, 15) is 4.79 Å². The Labute approximate surface area is 78.2 Å². The van der Waals surface area contributed by atoms with E-state index in [2.05, 4.69) is 0 Å². The van der Waals surface area contributed by atoms with Crippen LogP contribution in [0.15, 0.2) is 0 Å². The molecule has 3 heteroatoms. The van der Waals surface area contributed by atoms with Crippen molar-refractivity contribution in [2.45, 2.75) is 38.0 Å². The fourth-order valence-electron chi connectivity index (χ4n) is 1.60. The summed E-state index contributed by atoms with van der Waals surface area (Å²) in [6.07, 6.45) is 3.83. The summed E-state index contributed by atoms with van der Waals surface area (Å²) in [6, 6.07) is 0. The van der Waals surface area contributed by atoms with Crippen LogP contribution in [0, 0.1) is 5.92 Å². The lowest BCUT2D eigenvalue weighted by atomic mass is 9.89. The number of ether oxygens (including phenoxy) is 1. The van der Waals surface area contributed by atoms with E-state index in [-0.39, 0.29) is 17.3 Å². The third-order valence-corrected chi connectivity index (χ3v) is 2.63. The van der Waals surface area contributed by atoms with Gasteiger partial charge in [0.05, 0.1) is 12.5 Å². The average Bonchev–Trinajstić information content (AvgIpc) is 2.05. The fraction of sp³-hybridized carbons (Fsp3) is 0.889. The highest BCUT2D eigenvalue weighted by Gasteiger charge is 2.26. The van der Waals surface area contributed by atoms with Crippen molar-refractivity contribution in [3.05, 3.63) is 0 Å². The number of esters is 1. The van der Waals surface area contributed by atoms with E-state index in [4.69, 9.17) is 16.3 Å². The number of carbonyl (C=O) groups excluding carboxylic acids is 1. The molecule has 12 heavy (non-hydrogen) atoms. The van der Waals surface area contributed by atoms with Crippen LogP contribution in [0.3, 0.4) is 0 Å². The number of carbonyl (C=O) groups is 1. The molecule has 0 aliphatic heterocycles. The molecular formula is C9H15ClO2. The van der Waals surface area contributed by atoms with Gasteiger partial charge in [-0.25, -0.2) is 0 Å². The molecule has 1 fully saturated rings. The maximum absolute atomic E-state index is 11.3. The predicted molar refractivity (Wildman–Crippen MR) is 48.2 cm³/mol. The predicted octanol–water partition coefficient (Wildman–Crippen LogP) is 2.35. The minimum atomic E-state index is -0.0668. The molecule has 0 bridgehead atoms. The molecule has 1 aliphatic carbocycles. The summed E-state index contributed by atoms with van der Waals surface area (Å²) < 4.78 is 4.93. The van der Waals surface area contributed by atoms with Crippen molar-refractivity contribution in [1.29, 1.82) is 0 Å². The SMILES string of the molecule is CCOC(=O)C1CCCC(Cl)C1. The molecule has 0 aromatic carbocycles. The van der Waals surface area contributed by atoms with Crippen molar-refractivity contribution >= 4 is 17.6 Å². The van der Waals surface area contributed by atoms with Crippen LogP contribution in [0.25, 0.3) is 0 Å². The Bertz CT molecular complexity index is 159. The summed E-state index contributed by atoms with van der Waals surface area (Å²) in [5, 5.41) is 0.174. The van der Waals surface area contributed by atoms with Crippen molar-refractivity contribution in [2.24, 2.45) is 5.92 Å². The molecule has 70 valence electrons. The van der Waals surface area contributed by atoms with Gasteiger partial charge in [0.15, 0.2) is 0 Å². The Hall–Kier alpha value is -0.240. The lowest BCUT2D eigenvalue weighted by molar-refractivity contribution is -0.149. The molecule has 0 spiro atoms. The van der Waals surface area contributed by atoms with E-state index in [0.29, 0.717) is 6.61 Å². The Balaban J connectivity index is 2.35. The molecule has 0 N–H and O–H groups in total. The maximum Gasteiger partial charge on any atom is 0.308 e. The third-order valence-electron chi connectivity index (χ3n) is 2.23. The molecule has 0 saturated heterocycles. The second-order valence-corrected chi connectivity index (χ2v) is 3.83.